The first-order chi connectivity index (χ1) is 10.9. The first kappa shape index (κ1) is 17.5. The Kier molecular flexibility index (Phi) is 5.81. The Morgan fingerprint density at radius 1 is 1.30 bits per heavy atom. The summed E-state index contributed by atoms with van der Waals surface area (Å²) in [5.74, 6) is -0.299. The Bertz CT molecular complexity index is 564. The van der Waals surface area contributed by atoms with Crippen molar-refractivity contribution in [2.45, 2.75) is 57.8 Å². The Hall–Kier alpha value is -1.84. The van der Waals surface area contributed by atoms with Gasteiger partial charge in [0.05, 0.1) is 31.1 Å². The highest BCUT2D eigenvalue weighted by Crippen LogP contribution is 2.22. The monoisotopic (exact) mass is 315 g/mol. The van der Waals surface area contributed by atoms with Crippen LogP contribution in [0.5, 0.6) is 0 Å². The first-order valence-electron chi connectivity index (χ1n) is 7.82. The molecule has 1 fully saturated rings. The zero-order valence-electron chi connectivity index (χ0n) is 13.8. The van der Waals surface area contributed by atoms with Crippen LogP contribution in [0.2, 0.25) is 0 Å². The molecule has 122 valence electrons. The van der Waals surface area contributed by atoms with E-state index in [2.05, 4.69) is 6.07 Å². The molecule has 1 aromatic rings. The number of nitrogens with zero attached hydrogens (tertiary/aromatic N) is 1. The van der Waals surface area contributed by atoms with Crippen molar-refractivity contribution in [3.05, 3.63) is 30.3 Å². The van der Waals surface area contributed by atoms with Gasteiger partial charge in [-0.15, -0.1) is 0 Å². The van der Waals surface area contributed by atoms with Crippen molar-refractivity contribution in [1.29, 1.82) is 5.26 Å². The number of rotatable bonds is 4. The normalized spacial score (nSPS) is 21.6. The molecule has 23 heavy (non-hydrogen) atoms. The molecular weight excluding hydrogens is 293 g/mol. The molecule has 1 heterocycles. The summed E-state index contributed by atoms with van der Waals surface area (Å²) in [4.78, 5) is 12.0. The second kappa shape index (κ2) is 7.63. The molecule has 1 aliphatic heterocycles. The maximum atomic E-state index is 12.0. The van der Waals surface area contributed by atoms with Gasteiger partial charge in [-0.05, 0) is 32.7 Å². The van der Waals surface area contributed by atoms with Gasteiger partial charge >= 0.3 is 13.1 Å². The van der Waals surface area contributed by atoms with Crippen LogP contribution in [-0.4, -0.2) is 30.9 Å². The van der Waals surface area contributed by atoms with E-state index < -0.39 is 12.7 Å². The van der Waals surface area contributed by atoms with Crippen LogP contribution in [0.25, 0.3) is 0 Å². The Labute approximate surface area is 137 Å². The van der Waals surface area contributed by atoms with E-state index in [4.69, 9.17) is 19.3 Å². The number of nitriles is 1. The minimum atomic E-state index is -0.560. The van der Waals surface area contributed by atoms with Crippen molar-refractivity contribution in [3.63, 3.8) is 0 Å². The van der Waals surface area contributed by atoms with Crippen LogP contribution < -0.4 is 5.46 Å². The van der Waals surface area contributed by atoms with Crippen LogP contribution in [0.1, 0.15) is 40.0 Å². The zero-order chi connectivity index (χ0) is 16.9. The van der Waals surface area contributed by atoms with Gasteiger partial charge in [-0.2, -0.15) is 5.26 Å². The molecule has 0 amide bonds. The summed E-state index contributed by atoms with van der Waals surface area (Å²) in [6, 6.07) is 11.7. The number of carbonyl (C=O) groups is 1. The Morgan fingerprint density at radius 3 is 2.57 bits per heavy atom. The molecule has 0 radical (unpaired) electrons. The fourth-order valence-electron chi connectivity index (χ4n) is 2.49. The summed E-state index contributed by atoms with van der Waals surface area (Å²) >= 11 is 0. The summed E-state index contributed by atoms with van der Waals surface area (Å²) in [5.41, 5.74) is 0.358. The summed E-state index contributed by atoms with van der Waals surface area (Å²) < 4.78 is 17.1. The summed E-state index contributed by atoms with van der Waals surface area (Å²) in [5, 5.41) is 8.93. The minimum Gasteiger partial charge on any atom is -0.460 e. The molecule has 0 saturated carbocycles. The van der Waals surface area contributed by atoms with E-state index >= 15 is 0 Å². The summed E-state index contributed by atoms with van der Waals surface area (Å²) in [6.07, 6.45) is 0.382. The van der Waals surface area contributed by atoms with Crippen molar-refractivity contribution in [2.75, 3.05) is 0 Å². The first-order valence-corrected chi connectivity index (χ1v) is 7.82. The molecule has 6 heteroatoms. The number of hydrogen-bond donors (Lipinski definition) is 0. The third-order valence-corrected chi connectivity index (χ3v) is 3.36. The molecule has 5 nitrogen and oxygen atoms in total. The maximum Gasteiger partial charge on any atom is 0.494 e. The van der Waals surface area contributed by atoms with Gasteiger partial charge in [0.15, 0.2) is 0 Å². The SMILES string of the molecule is CC(C)(C)OC(=O)C[C@H]1C[C@@H](CC#N)OB(c2ccccc2)O1. The molecule has 1 aliphatic rings. The van der Waals surface area contributed by atoms with Crippen molar-refractivity contribution in [3.8, 4) is 6.07 Å². The average Bonchev–Trinajstić information content (AvgIpc) is 2.46. The zero-order valence-corrected chi connectivity index (χ0v) is 13.8. The maximum absolute atomic E-state index is 12.0. The Balaban J connectivity index is 2.04. The molecule has 1 saturated heterocycles. The number of benzene rings is 1. The van der Waals surface area contributed by atoms with Gasteiger partial charge in [0, 0.05) is 0 Å². The van der Waals surface area contributed by atoms with E-state index in [-0.39, 0.29) is 31.0 Å². The van der Waals surface area contributed by atoms with Gasteiger partial charge in [0.1, 0.15) is 5.60 Å². The number of ether oxygens (including phenoxy) is 1. The lowest BCUT2D eigenvalue weighted by molar-refractivity contribution is -0.157. The number of hydrogen-bond acceptors (Lipinski definition) is 5. The highest BCUT2D eigenvalue weighted by Gasteiger charge is 2.36. The molecule has 0 unspecified atom stereocenters. The molecule has 0 aromatic heterocycles. The van der Waals surface area contributed by atoms with Crippen molar-refractivity contribution in [1.82, 2.24) is 0 Å². The van der Waals surface area contributed by atoms with Crippen LogP contribution in [-0.2, 0) is 18.8 Å². The number of carbonyl (C=O) groups excluding carboxylic acids is 1. The van der Waals surface area contributed by atoms with E-state index in [9.17, 15) is 4.79 Å². The molecule has 2 atom stereocenters. The van der Waals surface area contributed by atoms with E-state index in [1.54, 1.807) is 0 Å². The third-order valence-electron chi connectivity index (χ3n) is 3.36. The van der Waals surface area contributed by atoms with Crippen LogP contribution in [0.15, 0.2) is 30.3 Å². The van der Waals surface area contributed by atoms with E-state index in [0.29, 0.717) is 6.42 Å². The molecule has 0 aliphatic carbocycles. The van der Waals surface area contributed by atoms with Crippen LogP contribution in [0, 0.1) is 11.3 Å². The topological polar surface area (TPSA) is 68.6 Å². The third kappa shape index (κ3) is 5.70. The van der Waals surface area contributed by atoms with Crippen LogP contribution in [0.3, 0.4) is 0 Å². The molecule has 0 N–H and O–H groups in total. The lowest BCUT2D eigenvalue weighted by Gasteiger charge is -2.33. The smallest absolute Gasteiger partial charge is 0.460 e. The van der Waals surface area contributed by atoms with Crippen molar-refractivity contribution in [2.24, 2.45) is 0 Å². The van der Waals surface area contributed by atoms with Gasteiger partial charge in [0.25, 0.3) is 0 Å². The van der Waals surface area contributed by atoms with E-state index in [1.165, 1.54) is 0 Å². The van der Waals surface area contributed by atoms with Gasteiger partial charge in [-0.1, -0.05) is 30.3 Å². The van der Waals surface area contributed by atoms with E-state index in [0.717, 1.165) is 5.46 Å². The predicted octanol–water partition coefficient (Wildman–Crippen LogP) is 2.20. The molecule has 0 bridgehead atoms. The van der Waals surface area contributed by atoms with Gasteiger partial charge in [-0.3, -0.25) is 4.79 Å². The number of esters is 1. The summed E-state index contributed by atoms with van der Waals surface area (Å²) in [7, 11) is -0.560. The van der Waals surface area contributed by atoms with Crippen molar-refractivity contribution < 1.29 is 18.8 Å². The predicted molar refractivity (Wildman–Crippen MR) is 86.9 cm³/mol. The van der Waals surface area contributed by atoms with Gasteiger partial charge in [0.2, 0.25) is 0 Å². The lowest BCUT2D eigenvalue weighted by Crippen LogP contribution is -2.49. The van der Waals surface area contributed by atoms with Gasteiger partial charge < -0.3 is 14.0 Å². The van der Waals surface area contributed by atoms with Crippen molar-refractivity contribution >= 4 is 18.6 Å². The molecule has 1 aromatic carbocycles. The molecule has 2 rings (SSSR count). The standard InChI is InChI=1S/C17H22BNO4/c1-17(2,3)21-16(20)12-15-11-14(9-10-19)22-18(23-15)13-7-5-4-6-8-13/h4-8,14-15H,9,11-12H2,1-3H3/t14-,15-/m1/s1. The average molecular weight is 315 g/mol. The second-order valence-electron chi connectivity index (χ2n) is 6.65. The van der Waals surface area contributed by atoms with Crippen LogP contribution in [0.4, 0.5) is 0 Å². The second-order valence-corrected chi connectivity index (χ2v) is 6.65. The quantitative estimate of drug-likeness (QED) is 0.629. The molecular formula is C17H22BNO4. The van der Waals surface area contributed by atoms with E-state index in [1.807, 2.05) is 51.1 Å². The Morgan fingerprint density at radius 2 is 1.96 bits per heavy atom. The molecule has 0 spiro atoms. The highest BCUT2D eigenvalue weighted by molar-refractivity contribution is 6.61. The highest BCUT2D eigenvalue weighted by atomic mass is 16.6. The van der Waals surface area contributed by atoms with Crippen LogP contribution >= 0.6 is 0 Å². The fourth-order valence-corrected chi connectivity index (χ4v) is 2.49. The van der Waals surface area contributed by atoms with Gasteiger partial charge in [-0.25, -0.2) is 0 Å². The largest absolute Gasteiger partial charge is 0.494 e. The summed E-state index contributed by atoms with van der Waals surface area (Å²) in [6.45, 7) is 5.50. The fraction of sp³-hybridized carbons (Fsp3) is 0.529. The minimum absolute atomic E-state index is 0.159. The lowest BCUT2D eigenvalue weighted by atomic mass is 9.76.